The van der Waals surface area contributed by atoms with Crippen LogP contribution in [0.2, 0.25) is 0 Å². The molecule has 0 saturated carbocycles. The summed E-state index contributed by atoms with van der Waals surface area (Å²) in [6.07, 6.45) is 7.03. The van der Waals surface area contributed by atoms with Crippen LogP contribution in [0.25, 0.3) is 0 Å². The highest BCUT2D eigenvalue weighted by Gasteiger charge is 2.13. The first-order valence-electron chi connectivity index (χ1n) is 6.98. The Hall–Kier alpha value is -2.03. The quantitative estimate of drug-likeness (QED) is 0.340. The molecule has 0 radical (unpaired) electrons. The molecule has 112 valence electrons. The zero-order valence-corrected chi connectivity index (χ0v) is 12.3. The second-order valence-corrected chi connectivity index (χ2v) is 4.62. The first-order chi connectivity index (χ1) is 9.52. The third kappa shape index (κ3) is 8.14. The Labute approximate surface area is 120 Å². The predicted octanol–water partition coefficient (Wildman–Crippen LogP) is 1.93. The monoisotopic (exact) mass is 280 g/mol. The van der Waals surface area contributed by atoms with Crippen LogP contribution >= 0.6 is 0 Å². The Kier molecular flexibility index (Phi) is 9.75. The number of hydrogen-bond acceptors (Lipinski definition) is 4. The molecule has 0 heterocycles. The van der Waals surface area contributed by atoms with E-state index in [2.05, 4.69) is 12.2 Å². The van der Waals surface area contributed by atoms with E-state index in [4.69, 9.17) is 11.0 Å². The van der Waals surface area contributed by atoms with Crippen molar-refractivity contribution in [1.29, 1.82) is 5.26 Å². The molecule has 0 aliphatic rings. The molecule has 6 heteroatoms. The number of unbranched alkanes of at least 4 members (excludes halogenated alkanes) is 5. The molecule has 0 bridgehead atoms. The topological polar surface area (TPSA) is 108 Å². The number of allylic oxidation sites excluding steroid dienone is 1. The fourth-order valence-corrected chi connectivity index (χ4v) is 1.75. The molecular formula is C14H24N4O2. The number of nitrogens with two attached hydrogens (primary N) is 1. The van der Waals surface area contributed by atoms with Gasteiger partial charge in [0.1, 0.15) is 11.6 Å². The highest BCUT2D eigenvalue weighted by atomic mass is 16.2. The summed E-state index contributed by atoms with van der Waals surface area (Å²) in [5.41, 5.74) is 5.18. The Morgan fingerprint density at radius 2 is 1.75 bits per heavy atom. The zero-order chi connectivity index (χ0) is 15.4. The molecule has 0 aromatic heterocycles. The number of nitrogens with zero attached hydrogens (tertiary/aromatic N) is 1. The highest BCUT2D eigenvalue weighted by molar-refractivity contribution is 6.06. The normalized spacial score (nSPS) is 11.2. The number of imide groups is 1. The SMILES string of the molecule is CCCCCCCCN/C(C)=C(\C#N)C(=O)NC(N)=O. The van der Waals surface area contributed by atoms with Crippen LogP contribution in [0.4, 0.5) is 4.79 Å². The van der Waals surface area contributed by atoms with Gasteiger partial charge in [-0.05, 0) is 13.3 Å². The molecular weight excluding hydrogens is 256 g/mol. The molecule has 0 aromatic rings. The van der Waals surface area contributed by atoms with Gasteiger partial charge in [0, 0.05) is 12.2 Å². The summed E-state index contributed by atoms with van der Waals surface area (Å²) < 4.78 is 0. The van der Waals surface area contributed by atoms with E-state index >= 15 is 0 Å². The average Bonchev–Trinajstić information content (AvgIpc) is 2.37. The maximum absolute atomic E-state index is 11.5. The van der Waals surface area contributed by atoms with Gasteiger partial charge in [-0.2, -0.15) is 5.26 Å². The molecule has 0 spiro atoms. The smallest absolute Gasteiger partial charge is 0.319 e. The molecule has 0 rings (SSSR count). The van der Waals surface area contributed by atoms with Crippen LogP contribution in [0.1, 0.15) is 52.4 Å². The van der Waals surface area contributed by atoms with E-state index < -0.39 is 11.9 Å². The number of primary amides is 1. The number of carbonyl (C=O) groups excluding carboxylic acids is 2. The predicted molar refractivity (Wildman–Crippen MR) is 77.4 cm³/mol. The molecule has 0 atom stereocenters. The van der Waals surface area contributed by atoms with Crippen molar-refractivity contribution in [3.8, 4) is 6.07 Å². The second kappa shape index (κ2) is 10.9. The van der Waals surface area contributed by atoms with E-state index in [9.17, 15) is 9.59 Å². The van der Waals surface area contributed by atoms with Crippen molar-refractivity contribution in [1.82, 2.24) is 10.6 Å². The molecule has 4 N–H and O–H groups in total. The first kappa shape index (κ1) is 18.0. The summed E-state index contributed by atoms with van der Waals surface area (Å²) in [6, 6.07) is 0.807. The number of urea groups is 1. The molecule has 0 aliphatic heterocycles. The van der Waals surface area contributed by atoms with E-state index in [0.29, 0.717) is 12.2 Å². The molecule has 20 heavy (non-hydrogen) atoms. The molecule has 3 amide bonds. The standard InChI is InChI=1S/C14H24N4O2/c1-3-4-5-6-7-8-9-17-11(2)12(10-15)13(19)18-14(16)20/h17H,3-9H2,1-2H3,(H3,16,18,19,20)/b12-11+. The summed E-state index contributed by atoms with van der Waals surface area (Å²) >= 11 is 0. The lowest BCUT2D eigenvalue weighted by molar-refractivity contribution is -0.116. The van der Waals surface area contributed by atoms with Crippen molar-refractivity contribution >= 4 is 11.9 Å². The van der Waals surface area contributed by atoms with Gasteiger partial charge in [0.25, 0.3) is 5.91 Å². The lowest BCUT2D eigenvalue weighted by atomic mass is 10.1. The summed E-state index contributed by atoms with van der Waals surface area (Å²) in [7, 11) is 0. The van der Waals surface area contributed by atoms with Crippen LogP contribution in [-0.4, -0.2) is 18.5 Å². The van der Waals surface area contributed by atoms with Gasteiger partial charge in [0.15, 0.2) is 0 Å². The minimum absolute atomic E-state index is 0.116. The first-order valence-corrected chi connectivity index (χ1v) is 6.98. The Balaban J connectivity index is 4.10. The minimum atomic E-state index is -0.966. The van der Waals surface area contributed by atoms with Crippen LogP contribution in [0.15, 0.2) is 11.3 Å². The van der Waals surface area contributed by atoms with Gasteiger partial charge in [-0.25, -0.2) is 4.79 Å². The van der Waals surface area contributed by atoms with Gasteiger partial charge >= 0.3 is 6.03 Å². The van der Waals surface area contributed by atoms with Crippen LogP contribution < -0.4 is 16.4 Å². The van der Waals surface area contributed by atoms with Crippen molar-refractivity contribution < 1.29 is 9.59 Å². The zero-order valence-electron chi connectivity index (χ0n) is 12.3. The van der Waals surface area contributed by atoms with Crippen molar-refractivity contribution in [3.05, 3.63) is 11.3 Å². The van der Waals surface area contributed by atoms with E-state index in [1.807, 2.05) is 5.32 Å². The molecule has 6 nitrogen and oxygen atoms in total. The molecule has 0 fully saturated rings. The number of rotatable bonds is 9. The van der Waals surface area contributed by atoms with Crippen LogP contribution in [0.5, 0.6) is 0 Å². The Morgan fingerprint density at radius 3 is 2.30 bits per heavy atom. The Bertz CT molecular complexity index is 396. The Morgan fingerprint density at radius 1 is 1.15 bits per heavy atom. The lowest BCUT2D eigenvalue weighted by Crippen LogP contribution is -2.36. The van der Waals surface area contributed by atoms with Gasteiger partial charge in [0.2, 0.25) is 0 Å². The van der Waals surface area contributed by atoms with Crippen molar-refractivity contribution in [2.75, 3.05) is 6.54 Å². The lowest BCUT2D eigenvalue weighted by Gasteiger charge is -2.08. The molecule has 0 unspecified atom stereocenters. The van der Waals surface area contributed by atoms with E-state index in [0.717, 1.165) is 12.8 Å². The third-order valence-electron chi connectivity index (χ3n) is 2.87. The maximum atomic E-state index is 11.5. The molecule has 0 aromatic carbocycles. The summed E-state index contributed by atoms with van der Waals surface area (Å²) in [5, 5.41) is 13.8. The number of carbonyl (C=O) groups is 2. The van der Waals surface area contributed by atoms with E-state index in [1.54, 1.807) is 13.0 Å². The number of amides is 3. The summed E-state index contributed by atoms with van der Waals surface area (Å²) in [4.78, 5) is 22.1. The molecule has 0 aliphatic carbocycles. The number of hydrogen-bond donors (Lipinski definition) is 3. The van der Waals surface area contributed by atoms with Gasteiger partial charge in [-0.1, -0.05) is 39.0 Å². The molecule has 0 saturated heterocycles. The summed E-state index contributed by atoms with van der Waals surface area (Å²) in [6.45, 7) is 4.51. The summed E-state index contributed by atoms with van der Waals surface area (Å²) in [5.74, 6) is -0.770. The number of nitrogens with one attached hydrogen (secondary N) is 2. The highest BCUT2D eigenvalue weighted by Crippen LogP contribution is 2.05. The van der Waals surface area contributed by atoms with Gasteiger partial charge < -0.3 is 11.1 Å². The minimum Gasteiger partial charge on any atom is -0.387 e. The van der Waals surface area contributed by atoms with E-state index in [-0.39, 0.29) is 5.57 Å². The maximum Gasteiger partial charge on any atom is 0.319 e. The van der Waals surface area contributed by atoms with Crippen molar-refractivity contribution in [3.63, 3.8) is 0 Å². The van der Waals surface area contributed by atoms with Gasteiger partial charge in [-0.15, -0.1) is 0 Å². The largest absolute Gasteiger partial charge is 0.387 e. The second-order valence-electron chi connectivity index (χ2n) is 4.62. The fraction of sp³-hybridized carbons (Fsp3) is 0.643. The van der Waals surface area contributed by atoms with Crippen molar-refractivity contribution in [2.24, 2.45) is 5.73 Å². The van der Waals surface area contributed by atoms with Crippen molar-refractivity contribution in [2.45, 2.75) is 52.4 Å². The van der Waals surface area contributed by atoms with E-state index in [1.165, 1.54) is 25.7 Å². The van der Waals surface area contributed by atoms with Gasteiger partial charge in [0.05, 0.1) is 0 Å². The van der Waals surface area contributed by atoms with Crippen LogP contribution in [-0.2, 0) is 4.79 Å². The van der Waals surface area contributed by atoms with Crippen LogP contribution in [0.3, 0.4) is 0 Å². The van der Waals surface area contributed by atoms with Gasteiger partial charge in [-0.3, -0.25) is 10.1 Å². The fourth-order valence-electron chi connectivity index (χ4n) is 1.75. The number of nitriles is 1. The third-order valence-corrected chi connectivity index (χ3v) is 2.87. The van der Waals surface area contributed by atoms with Crippen LogP contribution in [0, 0.1) is 11.3 Å². The average molecular weight is 280 g/mol.